The van der Waals surface area contributed by atoms with Crippen LogP contribution in [0.5, 0.6) is 0 Å². The Morgan fingerprint density at radius 3 is 2.50 bits per heavy atom. The van der Waals surface area contributed by atoms with Crippen LogP contribution in [0, 0.1) is 0 Å². The molecule has 0 aliphatic heterocycles. The third-order valence-corrected chi connectivity index (χ3v) is 5.00. The average Bonchev–Trinajstić information content (AvgIpc) is 3.17. The lowest BCUT2D eigenvalue weighted by Crippen LogP contribution is -2.18. The van der Waals surface area contributed by atoms with Crippen molar-refractivity contribution in [2.75, 3.05) is 18.1 Å². The number of carbonyl (C=O) groups is 2. The molecule has 0 aliphatic rings. The van der Waals surface area contributed by atoms with Crippen LogP contribution in [-0.2, 0) is 10.5 Å². The summed E-state index contributed by atoms with van der Waals surface area (Å²) in [6.45, 7) is 0. The number of thioether (sulfide) groups is 1. The Morgan fingerprint density at radius 2 is 1.82 bits per heavy atom. The molecule has 6 nitrogen and oxygen atoms in total. The topological polar surface area (TPSA) is 84.2 Å². The fraction of sp³-hybridized carbons (Fsp3) is 0.150. The first-order chi connectivity index (χ1) is 13.5. The molecule has 144 valence electrons. The molecule has 0 atom stereocenters. The van der Waals surface area contributed by atoms with Crippen molar-refractivity contribution >= 4 is 40.9 Å². The quantitative estimate of drug-likeness (QED) is 0.603. The van der Waals surface area contributed by atoms with E-state index >= 15 is 0 Å². The summed E-state index contributed by atoms with van der Waals surface area (Å²) in [5, 5.41) is 6.00. The summed E-state index contributed by atoms with van der Waals surface area (Å²) in [6.07, 6.45) is 1.59. The monoisotopic (exact) mass is 415 g/mol. The van der Waals surface area contributed by atoms with Crippen LogP contribution in [0.3, 0.4) is 0 Å². The number of hydrogen-bond donors (Lipinski definition) is 2. The minimum atomic E-state index is -0.168. The molecule has 2 amide bonds. The summed E-state index contributed by atoms with van der Waals surface area (Å²) in [5.41, 5.74) is 2.79. The largest absolute Gasteiger partial charge is 0.444 e. The van der Waals surface area contributed by atoms with Gasteiger partial charge in [0.2, 0.25) is 11.8 Å². The van der Waals surface area contributed by atoms with E-state index in [0.29, 0.717) is 27.9 Å². The smallest absolute Gasteiger partial charge is 0.251 e. The van der Waals surface area contributed by atoms with Crippen molar-refractivity contribution in [1.82, 2.24) is 10.3 Å². The third-order valence-electron chi connectivity index (χ3n) is 3.78. The first-order valence-electron chi connectivity index (χ1n) is 8.45. The van der Waals surface area contributed by atoms with Gasteiger partial charge in [-0.15, -0.1) is 11.8 Å². The van der Waals surface area contributed by atoms with E-state index < -0.39 is 0 Å². The van der Waals surface area contributed by atoms with E-state index in [-0.39, 0.29) is 17.6 Å². The first-order valence-corrected chi connectivity index (χ1v) is 9.98. The van der Waals surface area contributed by atoms with Gasteiger partial charge in [0.25, 0.3) is 5.91 Å². The second-order valence-corrected chi connectivity index (χ2v) is 7.27. The van der Waals surface area contributed by atoms with Crippen molar-refractivity contribution in [1.29, 1.82) is 0 Å². The van der Waals surface area contributed by atoms with Crippen LogP contribution in [-0.4, -0.2) is 29.6 Å². The molecule has 3 aromatic rings. The molecule has 1 aromatic heterocycles. The molecule has 3 rings (SSSR count). The summed E-state index contributed by atoms with van der Waals surface area (Å²) < 4.78 is 5.48. The molecule has 8 heteroatoms. The maximum absolute atomic E-state index is 12.1. The van der Waals surface area contributed by atoms with Crippen molar-refractivity contribution in [2.45, 2.75) is 5.75 Å². The van der Waals surface area contributed by atoms with Gasteiger partial charge in [0.1, 0.15) is 6.26 Å². The number of carbonyl (C=O) groups excluding carboxylic acids is 2. The summed E-state index contributed by atoms with van der Waals surface area (Å²) in [4.78, 5) is 28.0. The minimum absolute atomic E-state index is 0.126. The van der Waals surface area contributed by atoms with E-state index in [9.17, 15) is 9.59 Å². The second-order valence-electron chi connectivity index (χ2n) is 5.85. The Labute approximate surface area is 171 Å². The zero-order valence-electron chi connectivity index (χ0n) is 15.1. The Kier molecular flexibility index (Phi) is 6.73. The molecule has 2 N–H and O–H groups in total. The van der Waals surface area contributed by atoms with Crippen molar-refractivity contribution in [2.24, 2.45) is 0 Å². The Balaban J connectivity index is 1.46. The van der Waals surface area contributed by atoms with E-state index in [2.05, 4.69) is 15.6 Å². The predicted molar refractivity (Wildman–Crippen MR) is 112 cm³/mol. The lowest BCUT2D eigenvalue weighted by atomic mass is 10.2. The molecule has 0 aliphatic carbocycles. The van der Waals surface area contributed by atoms with Gasteiger partial charge in [-0.1, -0.05) is 11.6 Å². The maximum atomic E-state index is 12.1. The normalized spacial score (nSPS) is 10.5. The van der Waals surface area contributed by atoms with Crippen molar-refractivity contribution < 1.29 is 14.0 Å². The van der Waals surface area contributed by atoms with Gasteiger partial charge in [-0.2, -0.15) is 0 Å². The highest BCUT2D eigenvalue weighted by atomic mass is 35.5. The van der Waals surface area contributed by atoms with Crippen molar-refractivity contribution in [3.63, 3.8) is 0 Å². The van der Waals surface area contributed by atoms with Gasteiger partial charge in [0.15, 0.2) is 0 Å². The number of benzene rings is 2. The van der Waals surface area contributed by atoms with Gasteiger partial charge in [0, 0.05) is 34.6 Å². The zero-order chi connectivity index (χ0) is 19.9. The van der Waals surface area contributed by atoms with Gasteiger partial charge in [-0.25, -0.2) is 4.98 Å². The van der Waals surface area contributed by atoms with Crippen LogP contribution < -0.4 is 10.6 Å². The highest BCUT2D eigenvalue weighted by Crippen LogP contribution is 2.22. The number of oxazole rings is 1. The summed E-state index contributed by atoms with van der Waals surface area (Å²) in [5.74, 6) is 1.06. The molecule has 0 saturated heterocycles. The zero-order valence-corrected chi connectivity index (χ0v) is 16.6. The van der Waals surface area contributed by atoms with Crippen LogP contribution in [0.1, 0.15) is 16.1 Å². The molecule has 0 spiro atoms. The standard InChI is InChI=1S/C20H18ClN3O3S/c1-22-19(26)13-4-8-16(9-5-13)23-18(25)12-28-11-17-10-27-20(24-17)14-2-6-15(21)7-3-14/h2-10H,11-12H2,1H3,(H,22,26)(H,23,25). The lowest BCUT2D eigenvalue weighted by molar-refractivity contribution is -0.113. The van der Waals surface area contributed by atoms with Gasteiger partial charge in [-0.3, -0.25) is 9.59 Å². The summed E-state index contributed by atoms with van der Waals surface area (Å²) in [7, 11) is 1.57. The first kappa shape index (κ1) is 20.0. The number of amides is 2. The number of hydrogen-bond acceptors (Lipinski definition) is 5. The van der Waals surface area contributed by atoms with Crippen LogP contribution in [0.25, 0.3) is 11.5 Å². The predicted octanol–water partition coefficient (Wildman–Crippen LogP) is 4.23. The highest BCUT2D eigenvalue weighted by molar-refractivity contribution is 7.99. The average molecular weight is 416 g/mol. The minimum Gasteiger partial charge on any atom is -0.444 e. The fourth-order valence-electron chi connectivity index (χ4n) is 2.39. The van der Waals surface area contributed by atoms with Crippen molar-refractivity contribution in [3.8, 4) is 11.5 Å². The molecule has 0 unspecified atom stereocenters. The van der Waals surface area contributed by atoms with Crippen LogP contribution in [0.4, 0.5) is 5.69 Å². The van der Waals surface area contributed by atoms with E-state index in [1.54, 1.807) is 49.7 Å². The molecule has 0 radical (unpaired) electrons. The molecule has 2 aromatic carbocycles. The Morgan fingerprint density at radius 1 is 1.11 bits per heavy atom. The van der Waals surface area contributed by atoms with Gasteiger partial charge in [0.05, 0.1) is 11.4 Å². The Bertz CT molecular complexity index is 956. The molecule has 0 saturated carbocycles. The summed E-state index contributed by atoms with van der Waals surface area (Å²) in [6, 6.07) is 14.0. The van der Waals surface area contributed by atoms with Gasteiger partial charge in [-0.05, 0) is 48.5 Å². The van der Waals surface area contributed by atoms with E-state index in [0.717, 1.165) is 11.3 Å². The van der Waals surface area contributed by atoms with Gasteiger partial charge >= 0.3 is 0 Å². The van der Waals surface area contributed by atoms with Crippen molar-refractivity contribution in [3.05, 3.63) is 71.1 Å². The molecule has 1 heterocycles. The van der Waals surface area contributed by atoms with Gasteiger partial charge < -0.3 is 15.1 Å². The number of halogens is 1. The molecule has 28 heavy (non-hydrogen) atoms. The van der Waals surface area contributed by atoms with Crippen LogP contribution in [0.2, 0.25) is 5.02 Å². The number of aromatic nitrogens is 1. The van der Waals surface area contributed by atoms with E-state index in [4.69, 9.17) is 16.0 Å². The molecule has 0 fully saturated rings. The second kappa shape index (κ2) is 9.43. The lowest BCUT2D eigenvalue weighted by Gasteiger charge is -2.06. The summed E-state index contributed by atoms with van der Waals surface area (Å²) >= 11 is 7.32. The molecule has 0 bridgehead atoms. The number of rotatable bonds is 7. The van der Waals surface area contributed by atoms with E-state index in [1.807, 2.05) is 12.1 Å². The van der Waals surface area contributed by atoms with Crippen LogP contribution >= 0.6 is 23.4 Å². The maximum Gasteiger partial charge on any atom is 0.251 e. The molecular weight excluding hydrogens is 398 g/mol. The number of nitrogens with one attached hydrogen (secondary N) is 2. The number of nitrogens with zero attached hydrogens (tertiary/aromatic N) is 1. The fourth-order valence-corrected chi connectivity index (χ4v) is 3.22. The third kappa shape index (κ3) is 5.37. The number of anilines is 1. The highest BCUT2D eigenvalue weighted by Gasteiger charge is 2.09. The Hall–Kier alpha value is -2.77. The van der Waals surface area contributed by atoms with Crippen LogP contribution in [0.15, 0.2) is 59.2 Å². The molecular formula is C20H18ClN3O3S. The SMILES string of the molecule is CNC(=O)c1ccc(NC(=O)CSCc2coc(-c3ccc(Cl)cc3)n2)cc1. The van der Waals surface area contributed by atoms with E-state index in [1.165, 1.54) is 11.8 Å².